The number of piperidine rings is 1. The summed E-state index contributed by atoms with van der Waals surface area (Å²) in [5.41, 5.74) is 6.82. The van der Waals surface area contributed by atoms with Gasteiger partial charge in [-0.25, -0.2) is 9.78 Å². The Kier molecular flexibility index (Phi) is 3.69. The van der Waals surface area contributed by atoms with E-state index >= 15 is 0 Å². The summed E-state index contributed by atoms with van der Waals surface area (Å²) in [7, 11) is -3.74. The van der Waals surface area contributed by atoms with E-state index in [2.05, 4.69) is 4.98 Å². The number of aromatic nitrogens is 2. The van der Waals surface area contributed by atoms with Gasteiger partial charge in [0.1, 0.15) is 0 Å². The molecule has 22 heavy (non-hydrogen) atoms. The molecule has 1 aliphatic heterocycles. The van der Waals surface area contributed by atoms with E-state index in [-0.39, 0.29) is 17.9 Å². The molecular weight excluding hydrogens is 308 g/mol. The van der Waals surface area contributed by atoms with Crippen molar-refractivity contribution in [3.8, 4) is 0 Å². The fourth-order valence-electron chi connectivity index (χ4n) is 2.95. The lowest BCUT2D eigenvalue weighted by Crippen LogP contribution is -2.40. The lowest BCUT2D eigenvalue weighted by atomic mass is 10.0. The maximum absolute atomic E-state index is 12.8. The van der Waals surface area contributed by atoms with Crippen LogP contribution >= 0.6 is 0 Å². The Morgan fingerprint density at radius 1 is 1.23 bits per heavy atom. The Labute approximate surface area is 128 Å². The van der Waals surface area contributed by atoms with Gasteiger partial charge in [0.2, 0.25) is 5.95 Å². The van der Waals surface area contributed by atoms with E-state index in [1.807, 2.05) is 0 Å². The van der Waals surface area contributed by atoms with Crippen molar-refractivity contribution < 1.29 is 18.3 Å². The molecular formula is C13H18N4O4S. The van der Waals surface area contributed by atoms with Crippen LogP contribution in [0.2, 0.25) is 0 Å². The van der Waals surface area contributed by atoms with Crippen molar-refractivity contribution in [2.45, 2.75) is 32.1 Å². The molecule has 3 N–H and O–H groups in total. The Morgan fingerprint density at radius 2 is 1.91 bits per heavy atom. The first-order chi connectivity index (χ1) is 10.4. The largest absolute Gasteiger partial charge is 0.478 e. The second kappa shape index (κ2) is 5.40. The summed E-state index contributed by atoms with van der Waals surface area (Å²) in [6.07, 6.45) is 4.65. The van der Waals surface area contributed by atoms with Crippen LogP contribution in [0.4, 0.5) is 5.95 Å². The van der Waals surface area contributed by atoms with Crippen LogP contribution in [0.25, 0.3) is 6.08 Å². The molecule has 0 unspecified atom stereocenters. The number of hydrogen-bond donors (Lipinski definition) is 2. The van der Waals surface area contributed by atoms with Crippen molar-refractivity contribution in [1.29, 1.82) is 0 Å². The monoisotopic (exact) mass is 326 g/mol. The van der Waals surface area contributed by atoms with Gasteiger partial charge in [-0.3, -0.25) is 0 Å². The Balaban J connectivity index is 2.04. The highest BCUT2D eigenvalue weighted by atomic mass is 32.2. The first-order valence-corrected chi connectivity index (χ1v) is 8.62. The van der Waals surface area contributed by atoms with Crippen LogP contribution in [0, 0.1) is 0 Å². The van der Waals surface area contributed by atoms with Gasteiger partial charge in [0.25, 0.3) is 0 Å². The summed E-state index contributed by atoms with van der Waals surface area (Å²) in [4.78, 5) is 15.1. The van der Waals surface area contributed by atoms with Crippen molar-refractivity contribution in [2.24, 2.45) is 0 Å². The normalized spacial score (nSPS) is 19.5. The number of carboxylic acids is 1. The number of nitrogens with zero attached hydrogens (tertiary/aromatic N) is 3. The Hall–Kier alpha value is -1.87. The zero-order valence-electron chi connectivity index (χ0n) is 12.0. The SMILES string of the molecule is Nc1nc2c(n1S(=O)(=O)N1CCCCC1)CCC(C(=O)O)=C2. The van der Waals surface area contributed by atoms with E-state index < -0.39 is 16.2 Å². The molecule has 1 aromatic rings. The summed E-state index contributed by atoms with van der Waals surface area (Å²) < 4.78 is 28.1. The van der Waals surface area contributed by atoms with E-state index in [1.165, 1.54) is 10.4 Å². The predicted octanol–water partition coefficient (Wildman–Crippen LogP) is 0.458. The second-order valence-corrected chi connectivity index (χ2v) is 7.29. The lowest BCUT2D eigenvalue weighted by Gasteiger charge is -2.27. The minimum Gasteiger partial charge on any atom is -0.478 e. The molecule has 0 aromatic carbocycles. The van der Waals surface area contributed by atoms with Crippen molar-refractivity contribution >= 4 is 28.2 Å². The quantitative estimate of drug-likeness (QED) is 0.833. The van der Waals surface area contributed by atoms with Crippen LogP contribution in [-0.2, 0) is 21.4 Å². The number of anilines is 1. The molecule has 0 spiro atoms. The van der Waals surface area contributed by atoms with Gasteiger partial charge in [-0.05, 0) is 31.8 Å². The third-order valence-electron chi connectivity index (χ3n) is 4.07. The van der Waals surface area contributed by atoms with Crippen LogP contribution < -0.4 is 5.73 Å². The molecule has 9 heteroatoms. The summed E-state index contributed by atoms with van der Waals surface area (Å²) in [6.45, 7) is 0.954. The molecule has 8 nitrogen and oxygen atoms in total. The molecule has 0 bridgehead atoms. The molecule has 0 radical (unpaired) electrons. The minimum atomic E-state index is -3.74. The van der Waals surface area contributed by atoms with Gasteiger partial charge >= 0.3 is 16.2 Å². The molecule has 1 saturated heterocycles. The van der Waals surface area contributed by atoms with Gasteiger partial charge in [-0.1, -0.05) is 6.42 Å². The van der Waals surface area contributed by atoms with Crippen LogP contribution in [0.5, 0.6) is 0 Å². The minimum absolute atomic E-state index is 0.113. The second-order valence-electron chi connectivity index (χ2n) is 5.51. The maximum atomic E-state index is 12.8. The molecule has 2 heterocycles. The van der Waals surface area contributed by atoms with Crippen LogP contribution in [-0.4, -0.2) is 45.8 Å². The fraction of sp³-hybridized carbons (Fsp3) is 0.538. The van der Waals surface area contributed by atoms with Crippen molar-refractivity contribution in [1.82, 2.24) is 13.3 Å². The number of imidazole rings is 1. The average molecular weight is 326 g/mol. The summed E-state index contributed by atoms with van der Waals surface area (Å²) in [5.74, 6) is -1.13. The maximum Gasteiger partial charge on any atom is 0.331 e. The smallest absolute Gasteiger partial charge is 0.331 e. The van der Waals surface area contributed by atoms with Crippen molar-refractivity contribution in [3.63, 3.8) is 0 Å². The standard InChI is InChI=1S/C13H18N4O4S/c14-13-15-10-8-9(12(18)19)4-5-11(10)17(13)22(20,21)16-6-2-1-3-7-16/h8H,1-7H2,(H2,14,15)(H,18,19). The molecule has 0 amide bonds. The summed E-state index contributed by atoms with van der Waals surface area (Å²) >= 11 is 0. The molecule has 3 rings (SSSR count). The number of nitrogen functional groups attached to an aromatic ring is 1. The summed E-state index contributed by atoms with van der Waals surface area (Å²) in [5, 5.41) is 9.04. The molecule has 2 aliphatic rings. The first kappa shape index (κ1) is 15.0. The number of aliphatic carboxylic acids is 1. The molecule has 120 valence electrons. The van der Waals surface area contributed by atoms with E-state index in [0.717, 1.165) is 23.2 Å². The highest BCUT2D eigenvalue weighted by Gasteiger charge is 2.32. The first-order valence-electron chi connectivity index (χ1n) is 7.23. The van der Waals surface area contributed by atoms with E-state index in [4.69, 9.17) is 10.8 Å². The number of hydrogen-bond acceptors (Lipinski definition) is 5. The number of carbonyl (C=O) groups is 1. The zero-order valence-corrected chi connectivity index (χ0v) is 12.8. The average Bonchev–Trinajstić information content (AvgIpc) is 2.83. The van der Waals surface area contributed by atoms with Crippen molar-refractivity contribution in [2.75, 3.05) is 18.8 Å². The topological polar surface area (TPSA) is 119 Å². The molecule has 0 atom stereocenters. The molecule has 1 aliphatic carbocycles. The van der Waals surface area contributed by atoms with Crippen LogP contribution in [0.15, 0.2) is 5.57 Å². The number of nitrogens with two attached hydrogens (primary N) is 1. The molecule has 1 aromatic heterocycles. The Bertz CT molecular complexity index is 744. The van der Waals surface area contributed by atoms with Crippen molar-refractivity contribution in [3.05, 3.63) is 17.0 Å². The number of rotatable bonds is 3. The van der Waals surface area contributed by atoms with Gasteiger partial charge in [0, 0.05) is 18.7 Å². The fourth-order valence-corrected chi connectivity index (χ4v) is 4.64. The van der Waals surface area contributed by atoms with Gasteiger partial charge in [0.05, 0.1) is 11.4 Å². The van der Waals surface area contributed by atoms with Gasteiger partial charge in [-0.15, -0.1) is 0 Å². The number of carboxylic acid groups (broad SMARTS) is 1. The highest BCUT2D eigenvalue weighted by molar-refractivity contribution is 7.87. The van der Waals surface area contributed by atoms with E-state index in [0.29, 0.717) is 30.9 Å². The van der Waals surface area contributed by atoms with Gasteiger partial charge in [-0.2, -0.15) is 16.7 Å². The zero-order chi connectivity index (χ0) is 15.9. The third kappa shape index (κ3) is 2.40. The lowest BCUT2D eigenvalue weighted by molar-refractivity contribution is -0.132. The predicted molar refractivity (Wildman–Crippen MR) is 80.3 cm³/mol. The van der Waals surface area contributed by atoms with Crippen LogP contribution in [0.3, 0.4) is 0 Å². The van der Waals surface area contributed by atoms with Crippen LogP contribution in [0.1, 0.15) is 37.1 Å². The van der Waals surface area contributed by atoms with E-state index in [9.17, 15) is 13.2 Å². The Morgan fingerprint density at radius 3 is 2.55 bits per heavy atom. The van der Waals surface area contributed by atoms with E-state index in [1.54, 1.807) is 0 Å². The highest BCUT2D eigenvalue weighted by Crippen LogP contribution is 2.29. The van der Waals surface area contributed by atoms with Gasteiger partial charge in [0.15, 0.2) is 0 Å². The summed E-state index contributed by atoms with van der Waals surface area (Å²) in [6, 6.07) is 0. The van der Waals surface area contributed by atoms with Gasteiger partial charge < -0.3 is 10.8 Å². The number of fused-ring (bicyclic) bond motifs is 1. The molecule has 1 fully saturated rings. The third-order valence-corrected chi connectivity index (χ3v) is 5.96. The molecule has 0 saturated carbocycles.